The number of nitrogens with zero attached hydrogens (tertiary/aromatic N) is 3. The van der Waals surface area contributed by atoms with Gasteiger partial charge in [-0.2, -0.15) is 0 Å². The minimum atomic E-state index is -0.191. The second kappa shape index (κ2) is 7.32. The van der Waals surface area contributed by atoms with E-state index < -0.39 is 0 Å². The van der Waals surface area contributed by atoms with Gasteiger partial charge in [-0.05, 0) is 50.7 Å². The highest BCUT2D eigenvalue weighted by molar-refractivity contribution is 5.79. The third-order valence-corrected chi connectivity index (χ3v) is 6.56. The summed E-state index contributed by atoms with van der Waals surface area (Å²) in [6, 6.07) is 6.28. The van der Waals surface area contributed by atoms with Crippen molar-refractivity contribution in [1.82, 2.24) is 14.9 Å². The van der Waals surface area contributed by atoms with Gasteiger partial charge in [-0.15, -0.1) is 0 Å². The van der Waals surface area contributed by atoms with Crippen LogP contribution in [0.1, 0.15) is 47.2 Å². The fourth-order valence-corrected chi connectivity index (χ4v) is 4.86. The van der Waals surface area contributed by atoms with Crippen molar-refractivity contribution in [3.8, 4) is 0 Å². The van der Waals surface area contributed by atoms with Crippen LogP contribution >= 0.6 is 0 Å². The van der Waals surface area contributed by atoms with E-state index in [0.717, 1.165) is 54.6 Å². The van der Waals surface area contributed by atoms with Gasteiger partial charge < -0.3 is 9.80 Å². The lowest BCUT2D eigenvalue weighted by atomic mass is 9.77. The van der Waals surface area contributed by atoms with Crippen molar-refractivity contribution in [1.29, 1.82) is 0 Å². The molecule has 1 saturated heterocycles. The van der Waals surface area contributed by atoms with E-state index in [1.54, 1.807) is 0 Å². The third kappa shape index (κ3) is 3.56. The molecule has 2 aromatic rings. The number of fused-ring (bicyclic) bond motifs is 2. The second-order valence-electron chi connectivity index (χ2n) is 8.92. The average molecular weight is 395 g/mol. The number of likely N-dealkylation sites (tertiary alicyclic amines) is 1. The van der Waals surface area contributed by atoms with Gasteiger partial charge in [-0.1, -0.05) is 23.8 Å². The van der Waals surface area contributed by atoms with E-state index >= 15 is 0 Å². The molecule has 1 fully saturated rings. The van der Waals surface area contributed by atoms with Crippen molar-refractivity contribution in [2.45, 2.75) is 51.4 Å². The molecule has 0 saturated carbocycles. The number of H-pyrrole nitrogens is 1. The predicted molar refractivity (Wildman–Crippen MR) is 115 cm³/mol. The Bertz CT molecular complexity index is 1010. The number of rotatable bonds is 3. The number of aromatic amines is 1. The summed E-state index contributed by atoms with van der Waals surface area (Å²) in [6.07, 6.45) is 4.00. The Morgan fingerprint density at radius 2 is 2.07 bits per heavy atom. The van der Waals surface area contributed by atoms with Crippen molar-refractivity contribution in [2.24, 2.45) is 0 Å². The Hall–Kier alpha value is -2.63. The summed E-state index contributed by atoms with van der Waals surface area (Å²) in [5.41, 5.74) is 4.93. The molecule has 1 spiro atoms. The van der Waals surface area contributed by atoms with Gasteiger partial charge in [0.05, 0.1) is 12.1 Å². The van der Waals surface area contributed by atoms with E-state index in [1.165, 1.54) is 5.56 Å². The Balaban J connectivity index is 1.60. The lowest BCUT2D eigenvalue weighted by molar-refractivity contribution is -0.132. The van der Waals surface area contributed by atoms with Gasteiger partial charge >= 0.3 is 0 Å². The number of nitrogens with one attached hydrogen (secondary N) is 1. The molecular weight excluding hydrogens is 364 g/mol. The summed E-state index contributed by atoms with van der Waals surface area (Å²) in [5.74, 6) is 0.762. The van der Waals surface area contributed by atoms with Gasteiger partial charge in [0, 0.05) is 38.2 Å². The van der Waals surface area contributed by atoms with Crippen LogP contribution in [-0.4, -0.2) is 48.0 Å². The molecule has 6 heteroatoms. The molecule has 1 aliphatic heterocycles. The Morgan fingerprint density at radius 1 is 1.28 bits per heavy atom. The van der Waals surface area contributed by atoms with Gasteiger partial charge in [-0.25, -0.2) is 4.98 Å². The number of hydrogen-bond donors (Lipinski definition) is 1. The summed E-state index contributed by atoms with van der Waals surface area (Å²) in [4.78, 5) is 37.3. The van der Waals surface area contributed by atoms with Crippen LogP contribution in [0.5, 0.6) is 0 Å². The number of aryl methyl sites for hydroxylation is 2. The van der Waals surface area contributed by atoms with Crippen LogP contribution in [0.15, 0.2) is 23.0 Å². The summed E-state index contributed by atoms with van der Waals surface area (Å²) >= 11 is 0. The first-order valence-corrected chi connectivity index (χ1v) is 10.4. The fourth-order valence-electron chi connectivity index (χ4n) is 4.86. The molecule has 1 aromatic carbocycles. The van der Waals surface area contributed by atoms with Crippen LogP contribution in [0, 0.1) is 13.8 Å². The number of amides is 1. The number of anilines is 1. The molecule has 2 aliphatic rings. The number of piperidine rings is 1. The molecule has 1 unspecified atom stereocenters. The van der Waals surface area contributed by atoms with Crippen molar-refractivity contribution >= 4 is 11.9 Å². The molecule has 6 nitrogen and oxygen atoms in total. The monoisotopic (exact) mass is 394 g/mol. The number of carbonyl (C=O) groups is 1. The lowest BCUT2D eigenvalue weighted by Gasteiger charge is -2.40. The number of benzene rings is 1. The Kier molecular flexibility index (Phi) is 4.97. The molecular formula is C23H30N4O2. The molecule has 4 rings (SSSR count). The first kappa shape index (κ1) is 19.7. The zero-order valence-electron chi connectivity index (χ0n) is 17.8. The minimum absolute atomic E-state index is 0.0330. The highest BCUT2D eigenvalue weighted by Crippen LogP contribution is 2.43. The fraction of sp³-hybridized carbons (Fsp3) is 0.522. The molecule has 1 aliphatic carbocycles. The SMILES string of the molecule is Cc1ccc(C)c(CC(=O)N2CCCC3(CCc4c3nc(N(C)C)[nH]c4=O)C2)c1. The molecule has 1 amide bonds. The van der Waals surface area contributed by atoms with E-state index in [1.807, 2.05) is 23.9 Å². The normalized spacial score (nSPS) is 20.8. The Morgan fingerprint density at radius 3 is 2.83 bits per heavy atom. The van der Waals surface area contributed by atoms with Crippen LogP contribution in [0.3, 0.4) is 0 Å². The van der Waals surface area contributed by atoms with Gasteiger partial charge in [0.15, 0.2) is 0 Å². The number of aromatic nitrogens is 2. The molecule has 1 atom stereocenters. The zero-order valence-corrected chi connectivity index (χ0v) is 17.8. The maximum atomic E-state index is 13.2. The van der Waals surface area contributed by atoms with Crippen LogP contribution in [0.4, 0.5) is 5.95 Å². The van der Waals surface area contributed by atoms with E-state index in [-0.39, 0.29) is 16.9 Å². The van der Waals surface area contributed by atoms with Crippen molar-refractivity contribution in [3.05, 3.63) is 56.5 Å². The topological polar surface area (TPSA) is 69.3 Å². The standard InChI is InChI=1S/C23H30N4O2/c1-15-6-7-16(2)17(12-15)13-19(28)27-11-5-9-23(14-27)10-8-18-20(23)24-22(26(3)4)25-21(18)29/h6-7,12H,5,8-11,13-14H2,1-4H3,(H,24,25,29). The lowest BCUT2D eigenvalue weighted by Crippen LogP contribution is -2.48. The van der Waals surface area contributed by atoms with Gasteiger partial charge in [-0.3, -0.25) is 14.6 Å². The first-order valence-electron chi connectivity index (χ1n) is 10.4. The average Bonchev–Trinajstić information content (AvgIpc) is 3.03. The summed E-state index contributed by atoms with van der Waals surface area (Å²) in [7, 11) is 3.76. The molecule has 1 aromatic heterocycles. The van der Waals surface area contributed by atoms with Crippen LogP contribution < -0.4 is 10.5 Å². The smallest absolute Gasteiger partial charge is 0.255 e. The summed E-state index contributed by atoms with van der Waals surface area (Å²) in [6.45, 7) is 5.56. The molecule has 154 valence electrons. The minimum Gasteiger partial charge on any atom is -0.348 e. The predicted octanol–water partition coefficient (Wildman–Crippen LogP) is 2.50. The van der Waals surface area contributed by atoms with E-state index in [4.69, 9.17) is 4.98 Å². The Labute approximate surface area is 172 Å². The molecule has 29 heavy (non-hydrogen) atoms. The number of hydrogen-bond acceptors (Lipinski definition) is 4. The maximum absolute atomic E-state index is 13.2. The van der Waals surface area contributed by atoms with Gasteiger partial charge in [0.25, 0.3) is 5.56 Å². The first-order chi connectivity index (χ1) is 13.8. The van der Waals surface area contributed by atoms with Crippen molar-refractivity contribution < 1.29 is 4.79 Å². The third-order valence-electron chi connectivity index (χ3n) is 6.56. The van der Waals surface area contributed by atoms with Gasteiger partial charge in [0.2, 0.25) is 11.9 Å². The van der Waals surface area contributed by atoms with Crippen LogP contribution in [0.2, 0.25) is 0 Å². The summed E-state index contributed by atoms with van der Waals surface area (Å²) < 4.78 is 0. The van der Waals surface area contributed by atoms with E-state index in [2.05, 4.69) is 37.0 Å². The number of carbonyl (C=O) groups excluding carboxylic acids is 1. The molecule has 2 heterocycles. The maximum Gasteiger partial charge on any atom is 0.255 e. The van der Waals surface area contributed by atoms with E-state index in [9.17, 15) is 9.59 Å². The molecule has 0 radical (unpaired) electrons. The highest BCUT2D eigenvalue weighted by atomic mass is 16.2. The largest absolute Gasteiger partial charge is 0.348 e. The molecule has 1 N–H and O–H groups in total. The second-order valence-corrected chi connectivity index (χ2v) is 8.92. The summed E-state index contributed by atoms with van der Waals surface area (Å²) in [5, 5.41) is 0. The van der Waals surface area contributed by atoms with Crippen molar-refractivity contribution in [2.75, 3.05) is 32.1 Å². The molecule has 0 bridgehead atoms. The van der Waals surface area contributed by atoms with Crippen molar-refractivity contribution in [3.63, 3.8) is 0 Å². The zero-order chi connectivity index (χ0) is 20.8. The van der Waals surface area contributed by atoms with Gasteiger partial charge in [0.1, 0.15) is 0 Å². The van der Waals surface area contributed by atoms with E-state index in [0.29, 0.717) is 18.9 Å². The van der Waals surface area contributed by atoms with Crippen LogP contribution in [0.25, 0.3) is 0 Å². The quantitative estimate of drug-likeness (QED) is 0.868. The van der Waals surface area contributed by atoms with Crippen LogP contribution in [-0.2, 0) is 23.1 Å². The highest BCUT2D eigenvalue weighted by Gasteiger charge is 2.45.